The smallest absolute Gasteiger partial charge is 0.450 e. The Hall–Kier alpha value is -2.24. The first-order valence-corrected chi connectivity index (χ1v) is 5.25. The average Bonchev–Trinajstić information content (AvgIpc) is 2.27. The van der Waals surface area contributed by atoms with Gasteiger partial charge in [-0.05, 0) is 24.0 Å². The minimum absolute atomic E-state index is 1.16. The molecule has 1 rings (SSSR count). The molecule has 0 aliphatic rings. The fourth-order valence-electron chi connectivity index (χ4n) is 1.25. The van der Waals surface area contributed by atoms with Crippen LogP contribution in [0.25, 0.3) is 0 Å². The summed E-state index contributed by atoms with van der Waals surface area (Å²) in [6.07, 6.45) is -1.35. The van der Waals surface area contributed by atoms with Gasteiger partial charge in [0, 0.05) is 0 Å². The van der Waals surface area contributed by atoms with E-state index in [1.165, 1.54) is 11.1 Å². The highest BCUT2D eigenvalue weighted by atomic mass is 16.6. The minimum atomic E-state index is -1.83. The summed E-state index contributed by atoms with van der Waals surface area (Å²) in [5.41, 5.74) is 2.98. The molecular weight excluding hydrogens is 240 g/mol. The van der Waals surface area contributed by atoms with E-state index in [4.69, 9.17) is 30.0 Å². The highest BCUT2D eigenvalue weighted by Gasteiger charge is 1.93. The molecule has 0 spiro atoms. The van der Waals surface area contributed by atoms with Crippen molar-refractivity contribution in [2.75, 3.05) is 0 Å². The Morgan fingerprint density at radius 1 is 0.833 bits per heavy atom. The fourth-order valence-corrected chi connectivity index (χ4v) is 1.25. The van der Waals surface area contributed by atoms with Gasteiger partial charge in [0.1, 0.15) is 0 Å². The van der Waals surface area contributed by atoms with Crippen molar-refractivity contribution in [2.45, 2.75) is 26.7 Å². The van der Waals surface area contributed by atoms with Crippen LogP contribution in [0.2, 0.25) is 0 Å². The van der Waals surface area contributed by atoms with Crippen LogP contribution >= 0.6 is 0 Å². The fraction of sp³-hybridized carbons (Fsp3) is 0.333. The highest BCUT2D eigenvalue weighted by Crippen LogP contribution is 2.08. The Labute approximate surface area is 105 Å². The van der Waals surface area contributed by atoms with Crippen molar-refractivity contribution >= 4 is 12.3 Å². The van der Waals surface area contributed by atoms with Crippen LogP contribution in [-0.4, -0.2) is 32.7 Å². The first-order valence-electron chi connectivity index (χ1n) is 5.25. The van der Waals surface area contributed by atoms with E-state index in [9.17, 15) is 0 Å². The lowest BCUT2D eigenvalue weighted by Gasteiger charge is -2.02. The maximum atomic E-state index is 8.56. The minimum Gasteiger partial charge on any atom is -0.450 e. The Kier molecular flexibility index (Phi) is 11.3. The van der Waals surface area contributed by atoms with Gasteiger partial charge in [0.05, 0.1) is 0 Å². The summed E-state index contributed by atoms with van der Waals surface area (Å²) < 4.78 is 0. The summed E-state index contributed by atoms with van der Waals surface area (Å²) in [6, 6.07) is 8.63. The molecule has 0 unspecified atom stereocenters. The van der Waals surface area contributed by atoms with Crippen molar-refractivity contribution in [3.05, 3.63) is 35.4 Å². The molecular formula is C12H18O6. The van der Waals surface area contributed by atoms with Crippen LogP contribution in [0.15, 0.2) is 24.3 Å². The van der Waals surface area contributed by atoms with Gasteiger partial charge in [0.15, 0.2) is 0 Å². The third-order valence-electron chi connectivity index (χ3n) is 1.88. The van der Waals surface area contributed by atoms with Gasteiger partial charge < -0.3 is 20.4 Å². The standard InChI is InChI=1S/C10H14.2CH2O3/c1-3-9-7-5-6-8-10(9)4-2;2*2-1(3)4/h5-8H,3-4H2,1-2H3;2*(H2,2,3,4). The molecule has 6 nitrogen and oxygen atoms in total. The number of hydrogen-bond donors (Lipinski definition) is 4. The van der Waals surface area contributed by atoms with Gasteiger partial charge in [0.25, 0.3) is 0 Å². The van der Waals surface area contributed by atoms with Gasteiger partial charge in [-0.15, -0.1) is 0 Å². The molecule has 1 aromatic rings. The second kappa shape index (κ2) is 11.3. The van der Waals surface area contributed by atoms with Crippen molar-refractivity contribution in [2.24, 2.45) is 0 Å². The Morgan fingerprint density at radius 3 is 1.22 bits per heavy atom. The number of carboxylic acid groups (broad SMARTS) is 4. The molecule has 6 heteroatoms. The van der Waals surface area contributed by atoms with Gasteiger partial charge in [0.2, 0.25) is 0 Å². The molecule has 0 aromatic heterocycles. The van der Waals surface area contributed by atoms with Crippen LogP contribution in [-0.2, 0) is 12.8 Å². The van der Waals surface area contributed by atoms with Crippen LogP contribution in [0.4, 0.5) is 9.59 Å². The summed E-state index contributed by atoms with van der Waals surface area (Å²) in [5.74, 6) is 0. The molecule has 0 atom stereocenters. The lowest BCUT2D eigenvalue weighted by Crippen LogP contribution is -1.88. The van der Waals surface area contributed by atoms with Crippen molar-refractivity contribution in [1.29, 1.82) is 0 Å². The molecule has 0 bridgehead atoms. The molecule has 0 heterocycles. The average molecular weight is 258 g/mol. The van der Waals surface area contributed by atoms with E-state index < -0.39 is 12.3 Å². The zero-order valence-electron chi connectivity index (χ0n) is 10.3. The lowest BCUT2D eigenvalue weighted by atomic mass is 10.0. The second-order valence-corrected chi connectivity index (χ2v) is 3.04. The topological polar surface area (TPSA) is 115 Å². The largest absolute Gasteiger partial charge is 0.503 e. The number of rotatable bonds is 2. The molecule has 102 valence electrons. The zero-order valence-corrected chi connectivity index (χ0v) is 10.3. The predicted octanol–water partition coefficient (Wildman–Crippen LogP) is 3.26. The maximum Gasteiger partial charge on any atom is 0.503 e. The van der Waals surface area contributed by atoms with Gasteiger partial charge >= 0.3 is 12.3 Å². The first kappa shape index (κ1) is 18.1. The Balaban J connectivity index is 0. The molecule has 4 N–H and O–H groups in total. The van der Waals surface area contributed by atoms with Crippen LogP contribution in [0, 0.1) is 0 Å². The summed E-state index contributed by atoms with van der Waals surface area (Å²) in [6.45, 7) is 4.41. The Bertz CT molecular complexity index is 318. The molecule has 0 saturated heterocycles. The van der Waals surface area contributed by atoms with Crippen molar-refractivity contribution in [1.82, 2.24) is 0 Å². The number of carbonyl (C=O) groups is 2. The van der Waals surface area contributed by atoms with Crippen molar-refractivity contribution in [3.63, 3.8) is 0 Å². The Morgan fingerprint density at radius 2 is 1.06 bits per heavy atom. The third kappa shape index (κ3) is 13.8. The van der Waals surface area contributed by atoms with E-state index in [0.29, 0.717) is 0 Å². The van der Waals surface area contributed by atoms with E-state index in [-0.39, 0.29) is 0 Å². The van der Waals surface area contributed by atoms with Gasteiger partial charge in [-0.25, -0.2) is 9.59 Å². The quantitative estimate of drug-likeness (QED) is 0.647. The van der Waals surface area contributed by atoms with E-state index in [1.807, 2.05) is 0 Å². The van der Waals surface area contributed by atoms with Crippen molar-refractivity contribution < 1.29 is 30.0 Å². The lowest BCUT2D eigenvalue weighted by molar-refractivity contribution is 0.135. The van der Waals surface area contributed by atoms with Crippen LogP contribution in [0.1, 0.15) is 25.0 Å². The van der Waals surface area contributed by atoms with Gasteiger partial charge in [-0.2, -0.15) is 0 Å². The number of benzene rings is 1. The van der Waals surface area contributed by atoms with Crippen LogP contribution in [0.3, 0.4) is 0 Å². The molecule has 0 saturated carbocycles. The summed E-state index contributed by atoms with van der Waals surface area (Å²) >= 11 is 0. The molecule has 0 fully saturated rings. The summed E-state index contributed by atoms with van der Waals surface area (Å²) in [5, 5.41) is 27.9. The summed E-state index contributed by atoms with van der Waals surface area (Å²) in [7, 11) is 0. The van der Waals surface area contributed by atoms with Gasteiger partial charge in [-0.1, -0.05) is 38.1 Å². The van der Waals surface area contributed by atoms with E-state index in [2.05, 4.69) is 38.1 Å². The van der Waals surface area contributed by atoms with E-state index in [1.54, 1.807) is 0 Å². The molecule has 0 amide bonds. The number of aryl methyl sites for hydroxylation is 2. The van der Waals surface area contributed by atoms with Crippen LogP contribution < -0.4 is 0 Å². The highest BCUT2D eigenvalue weighted by molar-refractivity contribution is 5.53. The number of hydrogen-bond acceptors (Lipinski definition) is 2. The monoisotopic (exact) mass is 258 g/mol. The predicted molar refractivity (Wildman–Crippen MR) is 66.5 cm³/mol. The van der Waals surface area contributed by atoms with E-state index >= 15 is 0 Å². The maximum absolute atomic E-state index is 8.56. The second-order valence-electron chi connectivity index (χ2n) is 3.04. The van der Waals surface area contributed by atoms with Gasteiger partial charge in [-0.3, -0.25) is 0 Å². The molecule has 1 aromatic carbocycles. The van der Waals surface area contributed by atoms with Crippen molar-refractivity contribution in [3.8, 4) is 0 Å². The molecule has 0 aliphatic carbocycles. The van der Waals surface area contributed by atoms with Crippen LogP contribution in [0.5, 0.6) is 0 Å². The first-order chi connectivity index (χ1) is 8.34. The summed E-state index contributed by atoms with van der Waals surface area (Å²) in [4.78, 5) is 17.1. The van der Waals surface area contributed by atoms with E-state index in [0.717, 1.165) is 12.8 Å². The normalized spacial score (nSPS) is 8.11. The molecule has 18 heavy (non-hydrogen) atoms. The molecule has 0 aliphatic heterocycles. The SMILES string of the molecule is CCc1ccccc1CC.O=C(O)O.O=C(O)O. The zero-order chi connectivity index (χ0) is 14.6. The molecule has 0 radical (unpaired) electrons. The third-order valence-corrected chi connectivity index (χ3v) is 1.88.